The predicted molar refractivity (Wildman–Crippen MR) is 265 cm³/mol. The zero-order valence-electron chi connectivity index (χ0n) is 34.2. The summed E-state index contributed by atoms with van der Waals surface area (Å²) in [6.45, 7) is 0. The molecule has 0 aliphatic heterocycles. The molecule has 0 spiro atoms. The molecule has 62 heavy (non-hydrogen) atoms. The standard InChI is InChI=1S/C62H42/c1-7-23-43(24-8-1)53-39-57(47-31-15-5-16-32-47)59(41-55(53)45-27-11-3-12-28-45)61-49-35-19-21-37-51(49)62(52-38-22-20-36-50(52)61)60-42-56(46-29-13-4-14-30-46)54(44-25-9-2-10-26-44)40-58(60)48-33-17-6-18-34-48/h1-42H. The van der Waals surface area contributed by atoms with Crippen LogP contribution in [0.4, 0.5) is 0 Å². The molecule has 0 heteroatoms. The van der Waals surface area contributed by atoms with Crippen molar-refractivity contribution in [1.82, 2.24) is 0 Å². The van der Waals surface area contributed by atoms with Crippen LogP contribution < -0.4 is 0 Å². The molecule has 11 aromatic rings. The van der Waals surface area contributed by atoms with Gasteiger partial charge in [0.15, 0.2) is 0 Å². The van der Waals surface area contributed by atoms with E-state index in [-0.39, 0.29) is 0 Å². The minimum atomic E-state index is 1.19. The second-order valence-electron chi connectivity index (χ2n) is 15.9. The van der Waals surface area contributed by atoms with E-state index in [4.69, 9.17) is 0 Å². The maximum atomic E-state index is 2.46. The van der Waals surface area contributed by atoms with Crippen LogP contribution in [0, 0.1) is 0 Å². The van der Waals surface area contributed by atoms with Gasteiger partial charge >= 0.3 is 0 Å². The second kappa shape index (κ2) is 16.2. The van der Waals surface area contributed by atoms with Gasteiger partial charge in [0.1, 0.15) is 0 Å². The molecule has 0 heterocycles. The molecule has 290 valence electrons. The van der Waals surface area contributed by atoms with Crippen molar-refractivity contribution in [2.24, 2.45) is 0 Å². The van der Waals surface area contributed by atoms with Crippen LogP contribution in [0.15, 0.2) is 255 Å². The Morgan fingerprint density at radius 1 is 0.145 bits per heavy atom. The summed E-state index contributed by atoms with van der Waals surface area (Å²) >= 11 is 0. The fourth-order valence-corrected chi connectivity index (χ4v) is 9.46. The summed E-state index contributed by atoms with van der Waals surface area (Å²) in [7, 11) is 0. The number of rotatable bonds is 8. The highest BCUT2D eigenvalue weighted by atomic mass is 14.3. The molecule has 0 nitrogen and oxygen atoms in total. The molecule has 0 saturated carbocycles. The van der Waals surface area contributed by atoms with Gasteiger partial charge < -0.3 is 0 Å². The average Bonchev–Trinajstić information content (AvgIpc) is 3.36. The van der Waals surface area contributed by atoms with Crippen molar-refractivity contribution in [3.05, 3.63) is 255 Å². The molecule has 0 saturated heterocycles. The highest BCUT2D eigenvalue weighted by Crippen LogP contribution is 2.51. The monoisotopic (exact) mass is 786 g/mol. The van der Waals surface area contributed by atoms with Gasteiger partial charge in [-0.25, -0.2) is 0 Å². The van der Waals surface area contributed by atoms with Crippen LogP contribution in [0.5, 0.6) is 0 Å². The quantitative estimate of drug-likeness (QED) is 0.135. The molecule has 0 atom stereocenters. The largest absolute Gasteiger partial charge is 0.0622 e. The SMILES string of the molecule is c1ccc(-c2cc(-c3ccccc3)c(-c3c4ccccc4c(-c4cc(-c5ccccc5)c(-c5ccccc5)cc4-c4ccccc4)c4ccccc34)cc2-c2ccccc2)cc1. The Kier molecular flexibility index (Phi) is 9.65. The van der Waals surface area contributed by atoms with E-state index in [1.807, 2.05) is 0 Å². The molecule has 0 aromatic heterocycles. The van der Waals surface area contributed by atoms with Gasteiger partial charge in [0.05, 0.1) is 0 Å². The van der Waals surface area contributed by atoms with Crippen molar-refractivity contribution >= 4 is 21.5 Å². The molecule has 0 radical (unpaired) electrons. The Bertz CT molecular complexity index is 3050. The molecular weight excluding hydrogens is 745 g/mol. The van der Waals surface area contributed by atoms with E-state index < -0.39 is 0 Å². The lowest BCUT2D eigenvalue weighted by molar-refractivity contribution is 1.55. The van der Waals surface area contributed by atoms with Gasteiger partial charge in [0.2, 0.25) is 0 Å². The molecule has 0 aliphatic rings. The minimum absolute atomic E-state index is 1.19. The molecule has 0 bridgehead atoms. The van der Waals surface area contributed by atoms with Gasteiger partial charge in [0, 0.05) is 0 Å². The number of fused-ring (bicyclic) bond motifs is 2. The van der Waals surface area contributed by atoms with Crippen LogP contribution in [0.3, 0.4) is 0 Å². The molecule has 0 aliphatic carbocycles. The Labute approximate surface area is 363 Å². The Morgan fingerprint density at radius 2 is 0.306 bits per heavy atom. The fourth-order valence-electron chi connectivity index (χ4n) is 9.46. The molecular formula is C62H42. The first-order valence-electron chi connectivity index (χ1n) is 21.4. The molecule has 11 aromatic carbocycles. The van der Waals surface area contributed by atoms with Gasteiger partial charge in [-0.2, -0.15) is 0 Å². The van der Waals surface area contributed by atoms with E-state index in [1.165, 1.54) is 111 Å². The lowest BCUT2D eigenvalue weighted by Crippen LogP contribution is -1.97. The Hall–Kier alpha value is -8.06. The van der Waals surface area contributed by atoms with Crippen molar-refractivity contribution in [3.63, 3.8) is 0 Å². The second-order valence-corrected chi connectivity index (χ2v) is 15.9. The molecule has 0 unspecified atom stereocenters. The third kappa shape index (κ3) is 6.69. The molecule has 0 fully saturated rings. The lowest BCUT2D eigenvalue weighted by Gasteiger charge is -2.24. The van der Waals surface area contributed by atoms with E-state index in [0.717, 1.165) is 0 Å². The summed E-state index contributed by atoms with van der Waals surface area (Å²) in [4.78, 5) is 0. The topological polar surface area (TPSA) is 0 Å². The Morgan fingerprint density at radius 3 is 0.516 bits per heavy atom. The van der Waals surface area contributed by atoms with Crippen LogP contribution in [-0.4, -0.2) is 0 Å². The fraction of sp³-hybridized carbons (Fsp3) is 0. The van der Waals surface area contributed by atoms with Crippen LogP contribution in [0.2, 0.25) is 0 Å². The van der Waals surface area contributed by atoms with Crippen molar-refractivity contribution < 1.29 is 0 Å². The van der Waals surface area contributed by atoms with E-state index in [0.29, 0.717) is 0 Å². The van der Waals surface area contributed by atoms with Crippen molar-refractivity contribution in [3.8, 4) is 89.0 Å². The first-order chi connectivity index (χ1) is 30.8. The normalized spacial score (nSPS) is 11.2. The maximum absolute atomic E-state index is 2.46. The van der Waals surface area contributed by atoms with E-state index >= 15 is 0 Å². The average molecular weight is 787 g/mol. The summed E-state index contributed by atoms with van der Waals surface area (Å²) < 4.78 is 0. The van der Waals surface area contributed by atoms with Gasteiger partial charge in [-0.3, -0.25) is 0 Å². The first-order valence-corrected chi connectivity index (χ1v) is 21.4. The van der Waals surface area contributed by atoms with Crippen LogP contribution >= 0.6 is 0 Å². The van der Waals surface area contributed by atoms with Crippen LogP contribution in [0.1, 0.15) is 0 Å². The highest BCUT2D eigenvalue weighted by Gasteiger charge is 2.24. The van der Waals surface area contributed by atoms with Gasteiger partial charge in [-0.05, 0) is 135 Å². The molecule has 0 N–H and O–H groups in total. The van der Waals surface area contributed by atoms with Crippen molar-refractivity contribution in [2.45, 2.75) is 0 Å². The summed E-state index contributed by atoms with van der Waals surface area (Å²) in [5.74, 6) is 0. The smallest absolute Gasteiger partial charge is 0.00199 e. The summed E-state index contributed by atoms with van der Waals surface area (Å²) in [6.07, 6.45) is 0. The zero-order valence-corrected chi connectivity index (χ0v) is 34.2. The minimum Gasteiger partial charge on any atom is -0.0622 e. The maximum Gasteiger partial charge on any atom is -0.00199 e. The van der Waals surface area contributed by atoms with E-state index in [2.05, 4.69) is 255 Å². The number of hydrogen-bond donors (Lipinski definition) is 0. The third-order valence-electron chi connectivity index (χ3n) is 12.3. The summed E-state index contributed by atoms with van der Waals surface area (Å²) in [5, 5.41) is 4.88. The zero-order chi connectivity index (χ0) is 41.2. The van der Waals surface area contributed by atoms with Gasteiger partial charge in [0.25, 0.3) is 0 Å². The van der Waals surface area contributed by atoms with Crippen molar-refractivity contribution in [2.75, 3.05) is 0 Å². The van der Waals surface area contributed by atoms with Crippen LogP contribution in [0.25, 0.3) is 111 Å². The predicted octanol–water partition coefficient (Wildman–Crippen LogP) is 17.3. The number of hydrogen-bond acceptors (Lipinski definition) is 0. The highest BCUT2D eigenvalue weighted by molar-refractivity contribution is 6.24. The van der Waals surface area contributed by atoms with Crippen LogP contribution in [-0.2, 0) is 0 Å². The van der Waals surface area contributed by atoms with Gasteiger partial charge in [-0.15, -0.1) is 0 Å². The lowest BCUT2D eigenvalue weighted by atomic mass is 9.79. The van der Waals surface area contributed by atoms with Gasteiger partial charge in [-0.1, -0.05) is 231 Å². The summed E-state index contributed by atoms with van der Waals surface area (Å²) in [5.41, 5.74) is 19.3. The van der Waals surface area contributed by atoms with E-state index in [1.54, 1.807) is 0 Å². The first kappa shape index (κ1) is 37.0. The molecule has 11 rings (SSSR count). The number of benzene rings is 11. The van der Waals surface area contributed by atoms with Crippen molar-refractivity contribution in [1.29, 1.82) is 0 Å². The summed E-state index contributed by atoms with van der Waals surface area (Å²) in [6, 6.07) is 93.2. The third-order valence-corrected chi connectivity index (χ3v) is 12.3. The molecule has 0 amide bonds. The Balaban J connectivity index is 1.28. The van der Waals surface area contributed by atoms with E-state index in [9.17, 15) is 0 Å².